The third kappa shape index (κ3) is 8.21. The van der Waals surface area contributed by atoms with Crippen LogP contribution in [0.1, 0.15) is 31.2 Å². The molecule has 8 heteroatoms. The summed E-state index contributed by atoms with van der Waals surface area (Å²) in [6.07, 6.45) is 4.57. The van der Waals surface area contributed by atoms with Gasteiger partial charge in [-0.15, -0.1) is 0 Å². The Morgan fingerprint density at radius 2 is 1.45 bits per heavy atom. The first-order valence-corrected chi connectivity index (χ1v) is 14.0. The lowest BCUT2D eigenvalue weighted by molar-refractivity contribution is -0.135. The molecule has 1 saturated heterocycles. The fourth-order valence-electron chi connectivity index (χ4n) is 4.74. The minimum Gasteiger partial charge on any atom is -0.474 e. The first-order chi connectivity index (χ1) is 19.3. The summed E-state index contributed by atoms with van der Waals surface area (Å²) in [5.41, 5.74) is 5.63. The van der Waals surface area contributed by atoms with Crippen molar-refractivity contribution in [2.45, 2.75) is 38.2 Å². The number of carbonyl (C=O) groups is 2. The average molecular weight is 544 g/mol. The van der Waals surface area contributed by atoms with Crippen LogP contribution in [0.15, 0.2) is 66.9 Å². The molecule has 0 bridgehead atoms. The van der Waals surface area contributed by atoms with E-state index in [1.54, 1.807) is 0 Å². The van der Waals surface area contributed by atoms with E-state index in [0.717, 1.165) is 41.8 Å². The van der Waals surface area contributed by atoms with Gasteiger partial charge in [0.05, 0.1) is 0 Å². The number of hydrogen-bond donors (Lipinski definition) is 1. The lowest BCUT2D eigenvalue weighted by Crippen LogP contribution is -2.42. The number of pyridine rings is 1. The van der Waals surface area contributed by atoms with Gasteiger partial charge < -0.3 is 24.8 Å². The van der Waals surface area contributed by atoms with Crippen molar-refractivity contribution in [2.24, 2.45) is 0 Å². The van der Waals surface area contributed by atoms with E-state index >= 15 is 0 Å². The van der Waals surface area contributed by atoms with Gasteiger partial charge in [-0.2, -0.15) is 0 Å². The molecular formula is C32H41N5O3. The Balaban J connectivity index is 1.13. The van der Waals surface area contributed by atoms with E-state index in [2.05, 4.69) is 68.6 Å². The van der Waals surface area contributed by atoms with Gasteiger partial charge in [0.2, 0.25) is 17.7 Å². The van der Waals surface area contributed by atoms with Gasteiger partial charge in [-0.25, -0.2) is 4.98 Å². The summed E-state index contributed by atoms with van der Waals surface area (Å²) in [4.78, 5) is 35.4. The Labute approximate surface area is 237 Å². The summed E-state index contributed by atoms with van der Waals surface area (Å²) in [6, 6.07) is 20.6. The number of likely N-dealkylation sites (tertiary alicyclic amines) is 1. The van der Waals surface area contributed by atoms with E-state index in [0.29, 0.717) is 25.5 Å². The fraction of sp³-hybridized carbons (Fsp3) is 0.406. The quantitative estimate of drug-likeness (QED) is 0.387. The topological polar surface area (TPSA) is 78.0 Å². The number of piperidine rings is 1. The molecule has 3 aromatic rings. The van der Waals surface area contributed by atoms with Crippen LogP contribution in [0, 0.1) is 0 Å². The van der Waals surface area contributed by atoms with Crippen LogP contribution in [0.25, 0.3) is 11.1 Å². The molecule has 1 aliphatic rings. The number of rotatable bonds is 11. The second-order valence-corrected chi connectivity index (χ2v) is 10.7. The largest absolute Gasteiger partial charge is 0.474 e. The van der Waals surface area contributed by atoms with Crippen molar-refractivity contribution in [3.8, 4) is 17.0 Å². The molecular weight excluding hydrogens is 502 g/mol. The minimum absolute atomic E-state index is 0.0237. The van der Waals surface area contributed by atoms with Crippen molar-refractivity contribution in [2.75, 3.05) is 57.6 Å². The standard InChI is InChI=1S/C32H41N5O3/c1-35(2)27-10-5-24(6-11-27)17-20-33-30(38)14-16-32(39)37-21-18-29(19-22-37)40-31-15-9-26(23-34-31)25-7-12-28(13-8-25)36(3)4/h5-13,15,23,29H,14,16-22H2,1-4H3,(H,33,38). The van der Waals surface area contributed by atoms with Crippen LogP contribution in [0.5, 0.6) is 5.88 Å². The van der Waals surface area contributed by atoms with Crippen LogP contribution >= 0.6 is 0 Å². The zero-order chi connectivity index (χ0) is 28.5. The number of hydrogen-bond acceptors (Lipinski definition) is 6. The molecule has 0 unspecified atom stereocenters. The van der Waals surface area contributed by atoms with Crippen molar-refractivity contribution >= 4 is 23.2 Å². The van der Waals surface area contributed by atoms with Gasteiger partial charge in [0.1, 0.15) is 6.10 Å². The lowest BCUT2D eigenvalue weighted by atomic mass is 10.1. The molecule has 0 aliphatic carbocycles. The second kappa shape index (κ2) is 13.8. The first kappa shape index (κ1) is 28.9. The predicted octanol–water partition coefficient (Wildman–Crippen LogP) is 4.39. The Hall–Kier alpha value is -4.07. The maximum atomic E-state index is 12.7. The third-order valence-electron chi connectivity index (χ3n) is 7.29. The highest BCUT2D eigenvalue weighted by Gasteiger charge is 2.24. The van der Waals surface area contributed by atoms with Gasteiger partial charge in [0, 0.05) is 103 Å². The number of nitrogens with one attached hydrogen (secondary N) is 1. The SMILES string of the molecule is CN(C)c1ccc(CCNC(=O)CCC(=O)N2CCC(Oc3ccc(-c4ccc(N(C)C)cc4)cn3)CC2)cc1. The van der Waals surface area contributed by atoms with Crippen LogP contribution < -0.4 is 19.9 Å². The summed E-state index contributed by atoms with van der Waals surface area (Å²) in [7, 11) is 8.07. The molecule has 0 saturated carbocycles. The minimum atomic E-state index is -0.0837. The lowest BCUT2D eigenvalue weighted by Gasteiger charge is -2.32. The van der Waals surface area contributed by atoms with Crippen molar-refractivity contribution in [3.05, 3.63) is 72.4 Å². The molecule has 40 heavy (non-hydrogen) atoms. The molecule has 2 aromatic carbocycles. The Bertz CT molecular complexity index is 1230. The molecule has 8 nitrogen and oxygen atoms in total. The van der Waals surface area contributed by atoms with Gasteiger partial charge >= 0.3 is 0 Å². The van der Waals surface area contributed by atoms with Crippen LogP contribution in [0.3, 0.4) is 0 Å². The van der Waals surface area contributed by atoms with E-state index in [9.17, 15) is 9.59 Å². The van der Waals surface area contributed by atoms with Crippen molar-refractivity contribution in [1.82, 2.24) is 15.2 Å². The number of nitrogens with zero attached hydrogens (tertiary/aromatic N) is 4. The van der Waals surface area contributed by atoms with Crippen molar-refractivity contribution in [3.63, 3.8) is 0 Å². The van der Waals surface area contributed by atoms with E-state index in [4.69, 9.17) is 4.74 Å². The number of benzene rings is 2. The maximum Gasteiger partial charge on any atom is 0.223 e. The molecule has 0 radical (unpaired) electrons. The molecule has 1 fully saturated rings. The number of ether oxygens (including phenoxy) is 1. The number of anilines is 2. The zero-order valence-electron chi connectivity index (χ0n) is 24.1. The summed E-state index contributed by atoms with van der Waals surface area (Å²) >= 11 is 0. The molecule has 1 aliphatic heterocycles. The van der Waals surface area contributed by atoms with Gasteiger partial charge in [-0.1, -0.05) is 24.3 Å². The van der Waals surface area contributed by atoms with Crippen molar-refractivity contribution < 1.29 is 14.3 Å². The number of amides is 2. The summed E-state index contributed by atoms with van der Waals surface area (Å²) < 4.78 is 6.10. The van der Waals surface area contributed by atoms with Crippen LogP contribution in [-0.2, 0) is 16.0 Å². The first-order valence-electron chi connectivity index (χ1n) is 14.0. The molecule has 0 atom stereocenters. The zero-order valence-corrected chi connectivity index (χ0v) is 24.1. The smallest absolute Gasteiger partial charge is 0.223 e. The van der Waals surface area contributed by atoms with E-state index in [1.165, 1.54) is 5.56 Å². The molecule has 2 heterocycles. The summed E-state index contributed by atoms with van der Waals surface area (Å²) in [6.45, 7) is 1.82. The average Bonchev–Trinajstić information content (AvgIpc) is 2.97. The fourth-order valence-corrected chi connectivity index (χ4v) is 4.74. The highest BCUT2D eigenvalue weighted by Crippen LogP contribution is 2.24. The second-order valence-electron chi connectivity index (χ2n) is 10.7. The van der Waals surface area contributed by atoms with Gasteiger partial charge in [-0.3, -0.25) is 9.59 Å². The van der Waals surface area contributed by atoms with Gasteiger partial charge in [-0.05, 0) is 47.9 Å². The summed E-state index contributed by atoms with van der Waals surface area (Å²) in [5, 5.41) is 2.93. The van der Waals surface area contributed by atoms with E-state index < -0.39 is 0 Å². The molecule has 4 rings (SSSR count). The van der Waals surface area contributed by atoms with Crippen LogP contribution in [0.4, 0.5) is 11.4 Å². The Morgan fingerprint density at radius 1 is 0.850 bits per heavy atom. The molecule has 0 spiro atoms. The van der Waals surface area contributed by atoms with E-state index in [-0.39, 0.29) is 30.8 Å². The van der Waals surface area contributed by atoms with Crippen molar-refractivity contribution in [1.29, 1.82) is 0 Å². The molecule has 1 N–H and O–H groups in total. The van der Waals surface area contributed by atoms with Crippen LogP contribution in [-0.4, -0.2) is 75.6 Å². The number of carbonyl (C=O) groups excluding carboxylic acids is 2. The normalized spacial score (nSPS) is 13.6. The van der Waals surface area contributed by atoms with E-state index in [1.807, 2.05) is 51.4 Å². The molecule has 212 valence electrons. The highest BCUT2D eigenvalue weighted by atomic mass is 16.5. The Kier molecular flexibility index (Phi) is 10.00. The summed E-state index contributed by atoms with van der Waals surface area (Å²) in [5.74, 6) is 0.541. The molecule has 1 aromatic heterocycles. The Morgan fingerprint density at radius 3 is 2.02 bits per heavy atom. The predicted molar refractivity (Wildman–Crippen MR) is 161 cm³/mol. The molecule has 2 amide bonds. The monoisotopic (exact) mass is 543 g/mol. The third-order valence-corrected chi connectivity index (χ3v) is 7.29. The maximum absolute atomic E-state index is 12.7. The van der Waals surface area contributed by atoms with Gasteiger partial charge in [0.15, 0.2) is 0 Å². The van der Waals surface area contributed by atoms with Gasteiger partial charge in [0.25, 0.3) is 0 Å². The number of aromatic nitrogens is 1. The highest BCUT2D eigenvalue weighted by molar-refractivity contribution is 5.83. The van der Waals surface area contributed by atoms with Crippen LogP contribution in [0.2, 0.25) is 0 Å².